The minimum atomic E-state index is -0.720. The van der Waals surface area contributed by atoms with E-state index in [-0.39, 0.29) is 6.42 Å². The molecule has 0 saturated heterocycles. The molecule has 0 amide bonds. The lowest BCUT2D eigenvalue weighted by Gasteiger charge is -2.02. The average Bonchev–Trinajstić information content (AvgIpc) is 2.54. The maximum atomic E-state index is 10.5. The number of rotatable bonds is 4. The lowest BCUT2D eigenvalue weighted by Crippen LogP contribution is -1.96. The van der Waals surface area contributed by atoms with Gasteiger partial charge in [-0.05, 0) is 49.9 Å². The summed E-state index contributed by atoms with van der Waals surface area (Å²) >= 11 is 0. The van der Waals surface area contributed by atoms with Crippen LogP contribution < -0.4 is 0 Å². The topological polar surface area (TPSA) is 42.2 Å². The summed E-state index contributed by atoms with van der Waals surface area (Å²) in [6.45, 7) is 4.26. The van der Waals surface area contributed by atoms with Gasteiger partial charge in [0.05, 0.1) is 0 Å². The summed E-state index contributed by atoms with van der Waals surface area (Å²) in [6.07, 6.45) is 1.77. The number of nitrogens with zero attached hydrogens (tertiary/aromatic N) is 1. The molecule has 0 saturated carbocycles. The third-order valence-corrected chi connectivity index (χ3v) is 3.73. The molecule has 0 unspecified atom stereocenters. The van der Waals surface area contributed by atoms with E-state index in [1.165, 1.54) is 27.7 Å². The van der Waals surface area contributed by atoms with Crippen molar-refractivity contribution in [3.63, 3.8) is 0 Å². The number of carbonyl (C=O) groups is 1. The average molecular weight is 245 g/mol. The van der Waals surface area contributed by atoms with Crippen molar-refractivity contribution in [3.8, 4) is 0 Å². The van der Waals surface area contributed by atoms with E-state index in [4.69, 9.17) is 5.11 Å². The molecule has 0 aliphatic heterocycles. The van der Waals surface area contributed by atoms with Crippen LogP contribution in [0.3, 0.4) is 0 Å². The Morgan fingerprint density at radius 3 is 2.72 bits per heavy atom. The number of aromatic nitrogens is 1. The minimum absolute atomic E-state index is 0.241. The highest BCUT2D eigenvalue weighted by Crippen LogP contribution is 2.25. The van der Waals surface area contributed by atoms with Crippen molar-refractivity contribution in [2.24, 2.45) is 7.05 Å². The van der Waals surface area contributed by atoms with Gasteiger partial charge in [0.15, 0.2) is 0 Å². The Kier molecular flexibility index (Phi) is 3.41. The summed E-state index contributed by atoms with van der Waals surface area (Å²) in [7, 11) is 2.08. The normalized spacial score (nSPS) is 11.1. The summed E-state index contributed by atoms with van der Waals surface area (Å²) in [5.41, 5.74) is 5.06. The Hall–Kier alpha value is -1.77. The van der Waals surface area contributed by atoms with Crippen molar-refractivity contribution in [1.82, 2.24) is 4.57 Å². The van der Waals surface area contributed by atoms with Crippen LogP contribution in [0.1, 0.15) is 29.7 Å². The van der Waals surface area contributed by atoms with Crippen LogP contribution >= 0.6 is 0 Å². The fourth-order valence-electron chi connectivity index (χ4n) is 2.40. The van der Waals surface area contributed by atoms with Crippen LogP contribution in [0.15, 0.2) is 18.2 Å². The molecule has 1 heterocycles. The quantitative estimate of drug-likeness (QED) is 0.898. The van der Waals surface area contributed by atoms with Crippen molar-refractivity contribution < 1.29 is 9.90 Å². The largest absolute Gasteiger partial charge is 0.481 e. The number of benzene rings is 1. The smallest absolute Gasteiger partial charge is 0.303 e. The molecule has 18 heavy (non-hydrogen) atoms. The minimum Gasteiger partial charge on any atom is -0.481 e. The van der Waals surface area contributed by atoms with Gasteiger partial charge in [0.2, 0.25) is 0 Å². The molecule has 96 valence electrons. The van der Waals surface area contributed by atoms with Gasteiger partial charge in [-0.1, -0.05) is 6.07 Å². The molecule has 0 atom stereocenters. The molecule has 0 fully saturated rings. The van der Waals surface area contributed by atoms with Crippen molar-refractivity contribution in [2.75, 3.05) is 0 Å². The number of carboxylic acid groups (broad SMARTS) is 1. The summed E-state index contributed by atoms with van der Waals surface area (Å²) < 4.78 is 2.20. The van der Waals surface area contributed by atoms with E-state index in [2.05, 4.69) is 43.7 Å². The highest BCUT2D eigenvalue weighted by molar-refractivity contribution is 5.85. The van der Waals surface area contributed by atoms with Crippen LogP contribution in [-0.2, 0) is 18.3 Å². The third kappa shape index (κ3) is 2.26. The number of hydrogen-bond donors (Lipinski definition) is 1. The van der Waals surface area contributed by atoms with Gasteiger partial charge in [-0.25, -0.2) is 0 Å². The van der Waals surface area contributed by atoms with Crippen LogP contribution in [0.4, 0.5) is 0 Å². The third-order valence-electron chi connectivity index (χ3n) is 3.73. The van der Waals surface area contributed by atoms with Crippen molar-refractivity contribution in [1.29, 1.82) is 0 Å². The van der Waals surface area contributed by atoms with E-state index in [0.717, 1.165) is 6.42 Å². The molecule has 0 spiro atoms. The van der Waals surface area contributed by atoms with Gasteiger partial charge in [0.1, 0.15) is 0 Å². The monoisotopic (exact) mass is 245 g/mol. The van der Waals surface area contributed by atoms with Gasteiger partial charge in [0.25, 0.3) is 0 Å². The standard InChI is InChI=1S/C15H19NO2/c1-10-11(2)16(3)14-8-7-12(9-13(10)14)5-4-6-15(17)18/h7-9H,4-6H2,1-3H3,(H,17,18). The van der Waals surface area contributed by atoms with Gasteiger partial charge in [-0.3, -0.25) is 4.79 Å². The maximum Gasteiger partial charge on any atom is 0.303 e. The van der Waals surface area contributed by atoms with E-state index in [1.807, 2.05) is 0 Å². The van der Waals surface area contributed by atoms with Gasteiger partial charge >= 0.3 is 5.97 Å². The SMILES string of the molecule is Cc1c(C)n(C)c2ccc(CCCC(=O)O)cc12. The second kappa shape index (κ2) is 4.84. The molecule has 2 aromatic rings. The fraction of sp³-hybridized carbons (Fsp3) is 0.400. The number of carboxylic acids is 1. The van der Waals surface area contributed by atoms with Crippen LogP contribution in [0, 0.1) is 13.8 Å². The van der Waals surface area contributed by atoms with E-state index in [0.29, 0.717) is 6.42 Å². The van der Waals surface area contributed by atoms with E-state index < -0.39 is 5.97 Å². The Balaban J connectivity index is 2.27. The molecule has 1 aromatic carbocycles. The number of hydrogen-bond acceptors (Lipinski definition) is 1. The molecule has 0 aliphatic carbocycles. The summed E-state index contributed by atoms with van der Waals surface area (Å²) in [6, 6.07) is 6.42. The van der Waals surface area contributed by atoms with Crippen molar-refractivity contribution in [2.45, 2.75) is 33.1 Å². The molecular formula is C15H19NO2. The zero-order valence-corrected chi connectivity index (χ0v) is 11.2. The lowest BCUT2D eigenvalue weighted by molar-refractivity contribution is -0.137. The molecule has 0 bridgehead atoms. The molecule has 2 rings (SSSR count). The Bertz CT molecular complexity index is 596. The highest BCUT2D eigenvalue weighted by Gasteiger charge is 2.08. The first-order valence-electron chi connectivity index (χ1n) is 6.27. The van der Waals surface area contributed by atoms with Gasteiger partial charge in [-0.15, -0.1) is 0 Å². The molecule has 3 heteroatoms. The van der Waals surface area contributed by atoms with Gasteiger partial charge in [0, 0.05) is 30.1 Å². The second-order valence-corrected chi connectivity index (χ2v) is 4.87. The maximum absolute atomic E-state index is 10.5. The van der Waals surface area contributed by atoms with E-state index in [1.54, 1.807) is 0 Å². The van der Waals surface area contributed by atoms with Crippen molar-refractivity contribution >= 4 is 16.9 Å². The van der Waals surface area contributed by atoms with E-state index >= 15 is 0 Å². The summed E-state index contributed by atoms with van der Waals surface area (Å²) in [4.78, 5) is 10.5. The first-order chi connectivity index (χ1) is 8.50. The first kappa shape index (κ1) is 12.7. The van der Waals surface area contributed by atoms with Crippen LogP contribution in [0.5, 0.6) is 0 Å². The summed E-state index contributed by atoms with van der Waals surface area (Å²) in [5, 5.41) is 9.92. The molecule has 1 aromatic heterocycles. The van der Waals surface area contributed by atoms with Gasteiger partial charge < -0.3 is 9.67 Å². The Labute approximate surface area is 107 Å². The fourth-order valence-corrected chi connectivity index (χ4v) is 2.40. The number of aliphatic carboxylic acids is 1. The Morgan fingerprint density at radius 1 is 1.33 bits per heavy atom. The highest BCUT2D eigenvalue weighted by atomic mass is 16.4. The number of aryl methyl sites for hydroxylation is 3. The molecule has 3 nitrogen and oxygen atoms in total. The van der Waals surface area contributed by atoms with E-state index in [9.17, 15) is 4.79 Å². The predicted octanol–water partition coefficient (Wildman–Crippen LogP) is 3.20. The Morgan fingerprint density at radius 2 is 2.06 bits per heavy atom. The lowest BCUT2D eigenvalue weighted by atomic mass is 10.0. The summed E-state index contributed by atoms with van der Waals surface area (Å²) in [5.74, 6) is -0.720. The van der Waals surface area contributed by atoms with Crippen LogP contribution in [0.2, 0.25) is 0 Å². The molecule has 0 radical (unpaired) electrons. The van der Waals surface area contributed by atoms with Gasteiger partial charge in [-0.2, -0.15) is 0 Å². The molecule has 1 N–H and O–H groups in total. The second-order valence-electron chi connectivity index (χ2n) is 4.87. The zero-order chi connectivity index (χ0) is 13.3. The van der Waals surface area contributed by atoms with Crippen LogP contribution in [0.25, 0.3) is 10.9 Å². The predicted molar refractivity (Wildman–Crippen MR) is 73.0 cm³/mol. The first-order valence-corrected chi connectivity index (χ1v) is 6.27. The molecular weight excluding hydrogens is 226 g/mol. The van der Waals surface area contributed by atoms with Crippen LogP contribution in [-0.4, -0.2) is 15.6 Å². The zero-order valence-electron chi connectivity index (χ0n) is 11.2. The molecule has 0 aliphatic rings. The van der Waals surface area contributed by atoms with Crippen molar-refractivity contribution in [3.05, 3.63) is 35.0 Å². The number of fused-ring (bicyclic) bond motifs is 1.